The van der Waals surface area contributed by atoms with Crippen molar-refractivity contribution in [2.45, 2.75) is 43.4 Å². The molecule has 0 fully saturated rings. The molecule has 2 aromatic rings. The summed E-state index contributed by atoms with van der Waals surface area (Å²) in [5, 5.41) is 2.87. The second kappa shape index (κ2) is 5.92. The Labute approximate surface area is 157 Å². The molecule has 0 spiro atoms. The van der Waals surface area contributed by atoms with Crippen LogP contribution in [0, 0.1) is 0 Å². The van der Waals surface area contributed by atoms with E-state index in [0.717, 1.165) is 44.2 Å². The summed E-state index contributed by atoms with van der Waals surface area (Å²) in [5.74, 6) is -0.561. The maximum absolute atomic E-state index is 13.1. The third kappa shape index (κ3) is 2.56. The van der Waals surface area contributed by atoms with Crippen molar-refractivity contribution in [2.75, 3.05) is 5.32 Å². The van der Waals surface area contributed by atoms with E-state index in [-0.39, 0.29) is 10.5 Å². The minimum Gasteiger partial charge on any atom is -0.307 e. The number of fused-ring (bicyclic) bond motifs is 4. The maximum Gasteiger partial charge on any atom is 0.331 e. The van der Waals surface area contributed by atoms with Crippen molar-refractivity contribution in [1.29, 1.82) is 0 Å². The van der Waals surface area contributed by atoms with Gasteiger partial charge in [0.2, 0.25) is 0 Å². The van der Waals surface area contributed by atoms with Gasteiger partial charge >= 0.3 is 6.03 Å². The number of benzene rings is 2. The number of carbonyl (C=O) groups is 2. The van der Waals surface area contributed by atoms with Crippen LogP contribution in [0.4, 0.5) is 10.5 Å². The summed E-state index contributed by atoms with van der Waals surface area (Å²) >= 11 is 0. The van der Waals surface area contributed by atoms with Gasteiger partial charge in [-0.25, -0.2) is 13.7 Å². The number of hydrogen-bond acceptors (Lipinski definition) is 3. The molecule has 0 bridgehead atoms. The Hall–Kier alpha value is -2.67. The van der Waals surface area contributed by atoms with Gasteiger partial charge in [-0.1, -0.05) is 12.1 Å². The molecule has 7 heteroatoms. The van der Waals surface area contributed by atoms with Gasteiger partial charge in [0.05, 0.1) is 10.5 Å². The molecule has 1 heterocycles. The summed E-state index contributed by atoms with van der Waals surface area (Å²) in [4.78, 5) is 24.9. The van der Waals surface area contributed by atoms with E-state index in [4.69, 9.17) is 0 Å². The summed E-state index contributed by atoms with van der Waals surface area (Å²) < 4.78 is 19.2. The van der Waals surface area contributed by atoms with Gasteiger partial charge in [0.1, 0.15) is 0 Å². The molecule has 6 nitrogen and oxygen atoms in total. The number of nitrogens with zero attached hydrogens (tertiary/aromatic N) is 1. The van der Waals surface area contributed by atoms with Gasteiger partial charge in [-0.15, -0.1) is 4.36 Å². The molecule has 27 heavy (non-hydrogen) atoms. The van der Waals surface area contributed by atoms with Crippen LogP contribution >= 0.6 is 0 Å². The van der Waals surface area contributed by atoms with Crippen molar-refractivity contribution >= 4 is 27.5 Å². The molecule has 1 atom stereocenters. The number of carbonyl (C=O) groups excluding carboxylic acids is 2. The molecule has 2 N–H and O–H groups in total. The minimum atomic E-state index is -3.29. The van der Waals surface area contributed by atoms with Crippen LogP contribution in [0.15, 0.2) is 39.6 Å². The fourth-order valence-electron chi connectivity index (χ4n) is 4.47. The van der Waals surface area contributed by atoms with Crippen molar-refractivity contribution in [3.8, 4) is 0 Å². The Morgan fingerprint density at radius 2 is 1.74 bits per heavy atom. The lowest BCUT2D eigenvalue weighted by molar-refractivity contribution is 0.101. The number of nitrogens with one attached hydrogen (secondary N) is 2. The monoisotopic (exact) mass is 381 g/mol. The van der Waals surface area contributed by atoms with E-state index < -0.39 is 21.9 Å². The van der Waals surface area contributed by atoms with Crippen molar-refractivity contribution in [3.05, 3.63) is 58.1 Å². The first-order valence-corrected chi connectivity index (χ1v) is 10.7. The van der Waals surface area contributed by atoms with Crippen LogP contribution in [0.2, 0.25) is 0 Å². The molecule has 2 aromatic carbocycles. The van der Waals surface area contributed by atoms with Crippen LogP contribution in [-0.4, -0.2) is 16.1 Å². The lowest BCUT2D eigenvalue weighted by atomic mass is 9.98. The molecular weight excluding hydrogens is 362 g/mol. The van der Waals surface area contributed by atoms with Crippen LogP contribution in [0.3, 0.4) is 0 Å². The van der Waals surface area contributed by atoms with Crippen LogP contribution < -0.4 is 10.0 Å². The first-order valence-electron chi connectivity index (χ1n) is 9.21. The molecular formula is C20H19N3O3S. The topological polar surface area (TPSA) is 87.6 Å². The Bertz CT molecular complexity index is 1130. The highest BCUT2D eigenvalue weighted by Crippen LogP contribution is 2.38. The number of urea groups is 1. The van der Waals surface area contributed by atoms with Crippen LogP contribution in [0.5, 0.6) is 0 Å². The van der Waals surface area contributed by atoms with E-state index in [1.54, 1.807) is 24.3 Å². The van der Waals surface area contributed by atoms with Gasteiger partial charge in [0.15, 0.2) is 9.92 Å². The highest BCUT2D eigenvalue weighted by Gasteiger charge is 2.31. The van der Waals surface area contributed by atoms with Gasteiger partial charge in [-0.05, 0) is 79.0 Å². The molecule has 3 amide bonds. The second-order valence-electron chi connectivity index (χ2n) is 7.20. The Kier molecular flexibility index (Phi) is 3.62. The minimum absolute atomic E-state index is 0.268. The van der Waals surface area contributed by atoms with Crippen LogP contribution in [-0.2, 0) is 35.6 Å². The standard InChI is InChI=1S/C20H19N3O3S/c24-19-16-6-1-2-10-18(16)27(26,22-19)23-20(25)21-17-11-12-5-3-7-13(12)14-8-4-9-15(14)17/h1-2,6,10-11H,3-5,7-9H2,(H2,21,22,23,24,25,26). The molecule has 1 aliphatic heterocycles. The number of hydrogen-bond donors (Lipinski definition) is 2. The lowest BCUT2D eigenvalue weighted by Gasteiger charge is -2.16. The quantitative estimate of drug-likeness (QED) is 0.836. The molecule has 0 radical (unpaired) electrons. The van der Waals surface area contributed by atoms with Gasteiger partial charge < -0.3 is 5.32 Å². The Morgan fingerprint density at radius 1 is 1.00 bits per heavy atom. The van der Waals surface area contributed by atoms with E-state index in [1.807, 2.05) is 0 Å². The number of amides is 3. The summed E-state index contributed by atoms with van der Waals surface area (Å²) in [5.41, 5.74) is 6.42. The zero-order chi connectivity index (χ0) is 18.6. The van der Waals surface area contributed by atoms with Gasteiger partial charge in [-0.3, -0.25) is 4.79 Å². The van der Waals surface area contributed by atoms with Crippen LogP contribution in [0.25, 0.3) is 0 Å². The molecule has 2 aliphatic carbocycles. The van der Waals surface area contributed by atoms with Crippen molar-refractivity contribution in [2.24, 2.45) is 4.36 Å². The zero-order valence-electron chi connectivity index (χ0n) is 14.7. The first kappa shape index (κ1) is 16.5. The van der Waals surface area contributed by atoms with Gasteiger partial charge in [0, 0.05) is 5.69 Å². The fraction of sp³-hybridized carbons (Fsp3) is 0.300. The SMILES string of the molecule is O=C(Nc1cc2c(c3c1CCC3)CCC2)NS1(=O)=NC(=O)c2ccccc21. The van der Waals surface area contributed by atoms with E-state index in [1.165, 1.54) is 22.3 Å². The van der Waals surface area contributed by atoms with E-state index in [2.05, 4.69) is 20.5 Å². The molecule has 138 valence electrons. The molecule has 5 rings (SSSR count). The van der Waals surface area contributed by atoms with E-state index >= 15 is 0 Å². The number of anilines is 1. The molecule has 0 aromatic heterocycles. The average molecular weight is 381 g/mol. The highest BCUT2D eigenvalue weighted by molar-refractivity contribution is 7.93. The number of rotatable bonds is 2. The van der Waals surface area contributed by atoms with Crippen molar-refractivity contribution < 1.29 is 13.8 Å². The fourth-order valence-corrected chi connectivity index (χ4v) is 6.07. The highest BCUT2D eigenvalue weighted by atomic mass is 32.2. The largest absolute Gasteiger partial charge is 0.331 e. The molecule has 0 saturated carbocycles. The van der Waals surface area contributed by atoms with Gasteiger partial charge in [0.25, 0.3) is 5.91 Å². The summed E-state index contributed by atoms with van der Waals surface area (Å²) in [6.07, 6.45) is 6.41. The molecule has 3 aliphatic rings. The van der Waals surface area contributed by atoms with Crippen LogP contribution in [0.1, 0.15) is 45.5 Å². The summed E-state index contributed by atoms with van der Waals surface area (Å²) in [6, 6.07) is 7.97. The normalized spacial score (nSPS) is 22.0. The summed E-state index contributed by atoms with van der Waals surface area (Å²) in [7, 11) is -3.29. The van der Waals surface area contributed by atoms with E-state index in [9.17, 15) is 13.8 Å². The first-order chi connectivity index (χ1) is 13.0. The Morgan fingerprint density at radius 3 is 2.63 bits per heavy atom. The predicted octanol–water partition coefficient (Wildman–Crippen LogP) is 3.38. The third-order valence-electron chi connectivity index (χ3n) is 5.59. The summed E-state index contributed by atoms with van der Waals surface area (Å²) in [6.45, 7) is 0. The second-order valence-corrected chi connectivity index (χ2v) is 9.08. The van der Waals surface area contributed by atoms with E-state index in [0.29, 0.717) is 0 Å². The third-order valence-corrected chi connectivity index (χ3v) is 7.43. The van der Waals surface area contributed by atoms with Crippen molar-refractivity contribution in [3.63, 3.8) is 0 Å². The smallest absolute Gasteiger partial charge is 0.307 e. The predicted molar refractivity (Wildman–Crippen MR) is 102 cm³/mol. The number of aryl methyl sites for hydroxylation is 1. The Balaban J connectivity index is 1.45. The van der Waals surface area contributed by atoms with Gasteiger partial charge in [-0.2, -0.15) is 0 Å². The molecule has 1 unspecified atom stereocenters. The zero-order valence-corrected chi connectivity index (χ0v) is 15.5. The molecule has 0 saturated heterocycles. The van der Waals surface area contributed by atoms with Crippen molar-refractivity contribution in [1.82, 2.24) is 4.72 Å². The average Bonchev–Trinajstić information content (AvgIpc) is 3.34. The lowest BCUT2D eigenvalue weighted by Crippen LogP contribution is -2.34. The maximum atomic E-state index is 13.1.